The number of benzene rings is 1. The van der Waals surface area contributed by atoms with E-state index < -0.39 is 17.9 Å². The van der Waals surface area contributed by atoms with Crippen LogP contribution in [-0.4, -0.2) is 54.5 Å². The fourth-order valence-corrected chi connectivity index (χ4v) is 4.76. The highest BCUT2D eigenvalue weighted by Crippen LogP contribution is 2.29. The molecule has 0 spiro atoms. The molecule has 1 unspecified atom stereocenters. The summed E-state index contributed by atoms with van der Waals surface area (Å²) >= 11 is 0. The summed E-state index contributed by atoms with van der Waals surface area (Å²) in [7, 11) is 0. The van der Waals surface area contributed by atoms with Crippen molar-refractivity contribution in [3.8, 4) is 5.69 Å². The highest BCUT2D eigenvalue weighted by Gasteiger charge is 2.39. The Bertz CT molecular complexity index is 1370. The van der Waals surface area contributed by atoms with Gasteiger partial charge in [-0.2, -0.15) is 4.98 Å². The maximum Gasteiger partial charge on any atom is 0.302 e. The van der Waals surface area contributed by atoms with Gasteiger partial charge in [0.05, 0.1) is 17.6 Å². The van der Waals surface area contributed by atoms with Crippen LogP contribution in [0.5, 0.6) is 0 Å². The first-order valence-electron chi connectivity index (χ1n) is 11.5. The van der Waals surface area contributed by atoms with Crippen LogP contribution in [0.1, 0.15) is 63.5 Å². The van der Waals surface area contributed by atoms with Crippen molar-refractivity contribution in [2.45, 2.75) is 51.1 Å². The molecule has 6 rings (SSSR count). The number of carbonyl (C=O) groups excluding carboxylic acids is 4. The fraction of sp³-hybridized carbons (Fsp3) is 0.348. The van der Waals surface area contributed by atoms with Gasteiger partial charge in [0.15, 0.2) is 5.69 Å². The molecule has 178 valence electrons. The molecule has 12 heteroatoms. The third-order valence-corrected chi connectivity index (χ3v) is 6.56. The summed E-state index contributed by atoms with van der Waals surface area (Å²) in [5.74, 6) is -0.717. The van der Waals surface area contributed by atoms with E-state index in [0.717, 1.165) is 42.7 Å². The molecule has 3 aliphatic rings. The summed E-state index contributed by atoms with van der Waals surface area (Å²) in [5.41, 5.74) is 2.80. The molecule has 4 amide bonds. The molecule has 3 aromatic rings. The first-order chi connectivity index (χ1) is 17.0. The van der Waals surface area contributed by atoms with Crippen LogP contribution in [0.3, 0.4) is 0 Å². The van der Waals surface area contributed by atoms with Gasteiger partial charge in [-0.15, -0.1) is 5.10 Å². The number of imide groups is 1. The van der Waals surface area contributed by atoms with Gasteiger partial charge < -0.3 is 9.32 Å². The zero-order valence-electron chi connectivity index (χ0n) is 18.6. The van der Waals surface area contributed by atoms with Gasteiger partial charge in [-0.05, 0) is 49.4 Å². The topological polar surface area (TPSA) is 152 Å². The number of rotatable bonds is 4. The van der Waals surface area contributed by atoms with E-state index in [-0.39, 0.29) is 36.5 Å². The molecule has 1 atom stereocenters. The van der Waals surface area contributed by atoms with Crippen molar-refractivity contribution in [1.29, 1.82) is 0 Å². The summed E-state index contributed by atoms with van der Waals surface area (Å²) in [6.45, 7) is 0.241. The van der Waals surface area contributed by atoms with Crippen LogP contribution in [0.2, 0.25) is 0 Å². The molecule has 1 aromatic carbocycles. The molecule has 0 saturated carbocycles. The van der Waals surface area contributed by atoms with Gasteiger partial charge in [-0.1, -0.05) is 5.21 Å². The Morgan fingerprint density at radius 1 is 1.14 bits per heavy atom. The second-order valence-corrected chi connectivity index (χ2v) is 8.84. The molecule has 2 aliphatic heterocycles. The molecular formula is C23H21N7O5. The van der Waals surface area contributed by atoms with Crippen LogP contribution in [0, 0.1) is 0 Å². The number of fused-ring (bicyclic) bond motifs is 2. The molecule has 1 fully saturated rings. The number of aromatic nitrogens is 4. The Morgan fingerprint density at radius 3 is 2.83 bits per heavy atom. The van der Waals surface area contributed by atoms with Gasteiger partial charge in [-0.25, -0.2) is 4.68 Å². The minimum absolute atomic E-state index is 0.0860. The van der Waals surface area contributed by atoms with E-state index in [2.05, 4.69) is 25.9 Å². The van der Waals surface area contributed by atoms with Crippen molar-refractivity contribution in [3.05, 3.63) is 52.7 Å². The average Bonchev–Trinajstić information content (AvgIpc) is 3.56. The normalized spacial score (nSPS) is 19.4. The number of hydrogen-bond donors (Lipinski definition) is 2. The van der Waals surface area contributed by atoms with Gasteiger partial charge >= 0.3 is 6.01 Å². The van der Waals surface area contributed by atoms with E-state index in [0.29, 0.717) is 17.7 Å². The van der Waals surface area contributed by atoms with E-state index >= 15 is 0 Å². The van der Waals surface area contributed by atoms with Crippen molar-refractivity contribution in [2.75, 3.05) is 5.32 Å². The summed E-state index contributed by atoms with van der Waals surface area (Å²) in [4.78, 5) is 55.0. The summed E-state index contributed by atoms with van der Waals surface area (Å²) < 4.78 is 7.08. The highest BCUT2D eigenvalue weighted by molar-refractivity contribution is 6.05. The number of piperidine rings is 1. The highest BCUT2D eigenvalue weighted by atomic mass is 16.4. The van der Waals surface area contributed by atoms with E-state index in [9.17, 15) is 19.2 Å². The van der Waals surface area contributed by atoms with E-state index in [1.807, 2.05) is 0 Å². The minimum Gasteiger partial charge on any atom is -0.428 e. The summed E-state index contributed by atoms with van der Waals surface area (Å²) in [6.07, 6.45) is 5.73. The molecule has 1 aliphatic carbocycles. The van der Waals surface area contributed by atoms with Crippen LogP contribution < -0.4 is 10.6 Å². The van der Waals surface area contributed by atoms with Crippen molar-refractivity contribution < 1.29 is 23.6 Å². The lowest BCUT2D eigenvalue weighted by Gasteiger charge is -2.29. The maximum atomic E-state index is 12.9. The Hall–Kier alpha value is -4.35. The monoisotopic (exact) mass is 475 g/mol. The van der Waals surface area contributed by atoms with Crippen LogP contribution in [-0.2, 0) is 29.0 Å². The third kappa shape index (κ3) is 3.76. The Balaban J connectivity index is 1.18. The van der Waals surface area contributed by atoms with Crippen LogP contribution in [0.4, 0.5) is 6.01 Å². The Kier molecular flexibility index (Phi) is 4.94. The predicted molar refractivity (Wildman–Crippen MR) is 119 cm³/mol. The van der Waals surface area contributed by atoms with Crippen molar-refractivity contribution >= 4 is 29.6 Å². The second kappa shape index (κ2) is 8.15. The average molecular weight is 475 g/mol. The molecular weight excluding hydrogens is 454 g/mol. The standard InChI is InChI=1S/C23H21N7O5/c31-19-8-7-17(21(33)25-19)29-10-12-9-13(5-6-14(12)22(29)34)30-11-16(27-28-30)20(32)26-23-24-15-3-1-2-4-18(15)35-23/h5-6,9,11,17H,1-4,7-8,10H2,(H,24,26,32)(H,25,31,33). The number of anilines is 1. The molecule has 0 radical (unpaired) electrons. The van der Waals surface area contributed by atoms with Crippen molar-refractivity contribution in [3.63, 3.8) is 0 Å². The van der Waals surface area contributed by atoms with Crippen molar-refractivity contribution in [2.24, 2.45) is 0 Å². The molecule has 4 heterocycles. The van der Waals surface area contributed by atoms with Crippen LogP contribution in [0.15, 0.2) is 28.8 Å². The van der Waals surface area contributed by atoms with Crippen LogP contribution in [0.25, 0.3) is 5.69 Å². The largest absolute Gasteiger partial charge is 0.428 e. The summed E-state index contributed by atoms with van der Waals surface area (Å²) in [6, 6.07) is 4.61. The quantitative estimate of drug-likeness (QED) is 0.533. The zero-order valence-corrected chi connectivity index (χ0v) is 18.6. The smallest absolute Gasteiger partial charge is 0.302 e. The summed E-state index contributed by atoms with van der Waals surface area (Å²) in [5, 5.41) is 12.9. The van der Waals surface area contributed by atoms with E-state index in [4.69, 9.17) is 4.42 Å². The second-order valence-electron chi connectivity index (χ2n) is 8.84. The number of nitrogens with one attached hydrogen (secondary N) is 2. The maximum absolute atomic E-state index is 12.9. The first kappa shape index (κ1) is 21.2. The van der Waals surface area contributed by atoms with Gasteiger partial charge in [0.25, 0.3) is 11.8 Å². The molecule has 0 bridgehead atoms. The van der Waals surface area contributed by atoms with Gasteiger partial charge in [0.1, 0.15) is 11.8 Å². The number of hydrogen-bond acceptors (Lipinski definition) is 8. The number of nitrogens with zero attached hydrogens (tertiary/aromatic N) is 5. The number of carbonyl (C=O) groups is 4. The Morgan fingerprint density at radius 2 is 2.00 bits per heavy atom. The molecule has 2 aromatic heterocycles. The Labute approximate surface area is 198 Å². The first-order valence-corrected chi connectivity index (χ1v) is 11.5. The lowest BCUT2D eigenvalue weighted by atomic mass is 10.0. The van der Waals surface area contributed by atoms with E-state index in [1.165, 1.54) is 15.8 Å². The molecule has 12 nitrogen and oxygen atoms in total. The van der Waals surface area contributed by atoms with Gasteiger partial charge in [0, 0.05) is 24.9 Å². The predicted octanol–water partition coefficient (Wildman–Crippen LogP) is 1.15. The fourth-order valence-electron chi connectivity index (χ4n) is 4.76. The van der Waals surface area contributed by atoms with E-state index in [1.54, 1.807) is 18.2 Å². The number of oxazole rings is 1. The van der Waals surface area contributed by atoms with Gasteiger partial charge in [-0.3, -0.25) is 29.8 Å². The van der Waals surface area contributed by atoms with Crippen molar-refractivity contribution in [1.82, 2.24) is 30.2 Å². The molecule has 2 N–H and O–H groups in total. The minimum atomic E-state index is -0.682. The van der Waals surface area contributed by atoms with Gasteiger partial charge in [0.2, 0.25) is 11.8 Å². The molecule has 1 saturated heterocycles. The lowest BCUT2D eigenvalue weighted by Crippen LogP contribution is -2.52. The SMILES string of the molecule is O=C1CCC(N2Cc3cc(-n4cc(C(=O)Nc5nc6c(o5)CCCC6)nn4)ccc3C2=O)C(=O)N1. The molecule has 35 heavy (non-hydrogen) atoms. The lowest BCUT2D eigenvalue weighted by molar-refractivity contribution is -0.136. The number of amides is 4. The number of aryl methyl sites for hydroxylation is 2. The third-order valence-electron chi connectivity index (χ3n) is 6.56. The zero-order chi connectivity index (χ0) is 24.1. The van der Waals surface area contributed by atoms with Crippen LogP contribution >= 0.6 is 0 Å².